The minimum absolute atomic E-state index is 0.167. The molecular formula is C10H9ClF3NO. The lowest BCUT2D eigenvalue weighted by atomic mass is 10.2. The summed E-state index contributed by atoms with van der Waals surface area (Å²) in [4.78, 5) is 11.6. The standard InChI is InChI=1S/C10H9ClF3NO/c1-15(6-10(12,13)14)9-4-8(11)3-2-7(9)5-16/h2-5H,6H2,1H3. The Morgan fingerprint density at radius 2 is 2.06 bits per heavy atom. The van der Waals surface area contributed by atoms with Crippen LogP contribution in [0.2, 0.25) is 5.02 Å². The van der Waals surface area contributed by atoms with E-state index in [2.05, 4.69) is 0 Å². The lowest BCUT2D eigenvalue weighted by Gasteiger charge is -2.22. The molecule has 0 saturated carbocycles. The van der Waals surface area contributed by atoms with Crippen LogP contribution in [0.4, 0.5) is 18.9 Å². The molecule has 0 atom stereocenters. The molecule has 1 aromatic rings. The van der Waals surface area contributed by atoms with E-state index in [0.717, 1.165) is 4.90 Å². The summed E-state index contributed by atoms with van der Waals surface area (Å²) >= 11 is 5.67. The third-order valence-electron chi connectivity index (χ3n) is 1.95. The van der Waals surface area contributed by atoms with Crippen molar-refractivity contribution in [3.8, 4) is 0 Å². The highest BCUT2D eigenvalue weighted by Crippen LogP contribution is 2.26. The van der Waals surface area contributed by atoms with Crippen LogP contribution in [0.25, 0.3) is 0 Å². The van der Waals surface area contributed by atoms with Gasteiger partial charge in [0.25, 0.3) is 0 Å². The molecule has 0 aliphatic heterocycles. The number of alkyl halides is 3. The summed E-state index contributed by atoms with van der Waals surface area (Å²) in [5.74, 6) is 0. The van der Waals surface area contributed by atoms with Crippen LogP contribution in [-0.2, 0) is 0 Å². The van der Waals surface area contributed by atoms with Gasteiger partial charge in [-0.15, -0.1) is 0 Å². The molecule has 0 N–H and O–H groups in total. The zero-order valence-electron chi connectivity index (χ0n) is 8.38. The van der Waals surface area contributed by atoms with Crippen molar-refractivity contribution >= 4 is 23.6 Å². The van der Waals surface area contributed by atoms with Gasteiger partial charge in [0.05, 0.1) is 0 Å². The molecule has 0 fully saturated rings. The molecule has 0 bridgehead atoms. The van der Waals surface area contributed by atoms with Gasteiger partial charge in [-0.3, -0.25) is 4.79 Å². The van der Waals surface area contributed by atoms with E-state index in [-0.39, 0.29) is 16.3 Å². The van der Waals surface area contributed by atoms with Gasteiger partial charge in [0.2, 0.25) is 0 Å². The van der Waals surface area contributed by atoms with Crippen molar-refractivity contribution in [3.05, 3.63) is 28.8 Å². The first-order chi connectivity index (χ1) is 7.33. The van der Waals surface area contributed by atoms with E-state index >= 15 is 0 Å². The molecule has 0 heterocycles. The summed E-state index contributed by atoms with van der Waals surface area (Å²) < 4.78 is 36.5. The van der Waals surface area contributed by atoms with E-state index in [4.69, 9.17) is 11.6 Å². The van der Waals surface area contributed by atoms with E-state index in [0.29, 0.717) is 6.29 Å². The molecule has 0 amide bonds. The van der Waals surface area contributed by atoms with Gasteiger partial charge in [-0.25, -0.2) is 0 Å². The number of carbonyl (C=O) groups is 1. The Labute approximate surface area is 95.6 Å². The summed E-state index contributed by atoms with van der Waals surface area (Å²) in [6, 6.07) is 4.17. The molecule has 0 radical (unpaired) electrons. The van der Waals surface area contributed by atoms with Gasteiger partial charge in [0, 0.05) is 23.3 Å². The van der Waals surface area contributed by atoms with Gasteiger partial charge in [0.1, 0.15) is 6.54 Å². The summed E-state index contributed by atoms with van der Waals surface area (Å²) in [6.07, 6.45) is -3.82. The fourth-order valence-corrected chi connectivity index (χ4v) is 1.47. The van der Waals surface area contributed by atoms with Crippen molar-refractivity contribution in [1.82, 2.24) is 0 Å². The third kappa shape index (κ3) is 3.41. The van der Waals surface area contributed by atoms with Crippen molar-refractivity contribution in [2.75, 3.05) is 18.5 Å². The second-order valence-electron chi connectivity index (χ2n) is 3.29. The number of halogens is 4. The lowest BCUT2D eigenvalue weighted by Crippen LogP contribution is -2.31. The second-order valence-corrected chi connectivity index (χ2v) is 3.73. The van der Waals surface area contributed by atoms with Crippen LogP contribution in [0.1, 0.15) is 10.4 Å². The van der Waals surface area contributed by atoms with E-state index in [1.54, 1.807) is 0 Å². The highest BCUT2D eigenvalue weighted by atomic mass is 35.5. The molecule has 16 heavy (non-hydrogen) atoms. The first-order valence-electron chi connectivity index (χ1n) is 4.36. The maximum Gasteiger partial charge on any atom is 0.405 e. The average molecular weight is 252 g/mol. The van der Waals surface area contributed by atoms with Gasteiger partial charge < -0.3 is 4.90 Å². The number of nitrogens with zero attached hydrogens (tertiary/aromatic N) is 1. The van der Waals surface area contributed by atoms with Crippen LogP contribution in [0, 0.1) is 0 Å². The normalized spacial score (nSPS) is 11.3. The summed E-state index contributed by atoms with van der Waals surface area (Å²) in [5, 5.41) is 0.287. The molecule has 0 spiro atoms. The summed E-state index contributed by atoms with van der Waals surface area (Å²) in [7, 11) is 1.26. The minimum atomic E-state index is -4.32. The molecule has 1 aromatic carbocycles. The Hall–Kier alpha value is -1.23. The highest BCUT2D eigenvalue weighted by molar-refractivity contribution is 6.31. The van der Waals surface area contributed by atoms with E-state index < -0.39 is 12.7 Å². The lowest BCUT2D eigenvalue weighted by molar-refractivity contribution is -0.119. The Morgan fingerprint density at radius 1 is 1.44 bits per heavy atom. The van der Waals surface area contributed by atoms with Crippen LogP contribution in [-0.4, -0.2) is 26.1 Å². The average Bonchev–Trinajstić information content (AvgIpc) is 2.15. The van der Waals surface area contributed by atoms with Gasteiger partial charge in [0.15, 0.2) is 6.29 Å². The molecule has 0 aromatic heterocycles. The topological polar surface area (TPSA) is 20.3 Å². The zero-order chi connectivity index (χ0) is 12.3. The number of benzene rings is 1. The van der Waals surface area contributed by atoms with Crippen molar-refractivity contribution < 1.29 is 18.0 Å². The number of rotatable bonds is 3. The van der Waals surface area contributed by atoms with E-state index in [9.17, 15) is 18.0 Å². The molecule has 0 unspecified atom stereocenters. The number of hydrogen-bond acceptors (Lipinski definition) is 2. The predicted molar refractivity (Wildman–Crippen MR) is 56.2 cm³/mol. The molecule has 1 rings (SSSR count). The van der Waals surface area contributed by atoms with Gasteiger partial charge in [-0.2, -0.15) is 13.2 Å². The summed E-state index contributed by atoms with van der Waals surface area (Å²) in [6.45, 7) is -1.13. The van der Waals surface area contributed by atoms with Crippen LogP contribution < -0.4 is 4.90 Å². The Kier molecular flexibility index (Phi) is 3.80. The Bertz CT molecular complexity index is 392. The van der Waals surface area contributed by atoms with Gasteiger partial charge in [-0.1, -0.05) is 11.6 Å². The van der Waals surface area contributed by atoms with E-state index in [1.165, 1.54) is 25.2 Å². The molecule has 2 nitrogen and oxygen atoms in total. The Morgan fingerprint density at radius 3 is 2.56 bits per heavy atom. The largest absolute Gasteiger partial charge is 0.405 e. The van der Waals surface area contributed by atoms with Crippen molar-refractivity contribution in [1.29, 1.82) is 0 Å². The predicted octanol–water partition coefficient (Wildman–Crippen LogP) is 3.15. The fourth-order valence-electron chi connectivity index (χ4n) is 1.30. The van der Waals surface area contributed by atoms with Crippen molar-refractivity contribution in [2.45, 2.75) is 6.18 Å². The number of anilines is 1. The van der Waals surface area contributed by atoms with Crippen LogP contribution in [0.3, 0.4) is 0 Å². The quantitative estimate of drug-likeness (QED) is 0.769. The monoisotopic (exact) mass is 251 g/mol. The van der Waals surface area contributed by atoms with Crippen molar-refractivity contribution in [2.24, 2.45) is 0 Å². The van der Waals surface area contributed by atoms with Crippen LogP contribution in [0.15, 0.2) is 18.2 Å². The highest BCUT2D eigenvalue weighted by Gasteiger charge is 2.30. The molecule has 88 valence electrons. The number of aldehydes is 1. The first kappa shape index (κ1) is 12.8. The summed E-state index contributed by atoms with van der Waals surface area (Å²) in [5.41, 5.74) is 0.343. The number of hydrogen-bond donors (Lipinski definition) is 0. The fraction of sp³-hybridized carbons (Fsp3) is 0.300. The van der Waals surface area contributed by atoms with Crippen LogP contribution in [0.5, 0.6) is 0 Å². The van der Waals surface area contributed by atoms with E-state index in [1.807, 2.05) is 0 Å². The molecule has 0 saturated heterocycles. The Balaban J connectivity index is 3.02. The maximum absolute atomic E-state index is 12.2. The van der Waals surface area contributed by atoms with Crippen molar-refractivity contribution in [3.63, 3.8) is 0 Å². The van der Waals surface area contributed by atoms with Gasteiger partial charge in [-0.05, 0) is 18.2 Å². The maximum atomic E-state index is 12.2. The molecule has 0 aliphatic rings. The van der Waals surface area contributed by atoms with Gasteiger partial charge >= 0.3 is 6.18 Å². The number of carbonyl (C=O) groups excluding carboxylic acids is 1. The minimum Gasteiger partial charge on any atom is -0.365 e. The zero-order valence-corrected chi connectivity index (χ0v) is 9.14. The first-order valence-corrected chi connectivity index (χ1v) is 4.74. The molecular weight excluding hydrogens is 243 g/mol. The SMILES string of the molecule is CN(CC(F)(F)F)c1cc(Cl)ccc1C=O. The smallest absolute Gasteiger partial charge is 0.365 e. The van der Waals surface area contributed by atoms with Crippen LogP contribution >= 0.6 is 11.6 Å². The second kappa shape index (κ2) is 4.74. The molecule has 6 heteroatoms. The third-order valence-corrected chi connectivity index (χ3v) is 2.18. The molecule has 0 aliphatic carbocycles.